The van der Waals surface area contributed by atoms with E-state index in [1.54, 1.807) is 0 Å². The molecule has 1 unspecified atom stereocenters. The van der Waals surface area contributed by atoms with Crippen LogP contribution in [0.4, 0.5) is 0 Å². The maximum absolute atomic E-state index is 6.38. The highest BCUT2D eigenvalue weighted by Gasteiger charge is 2.21. The second kappa shape index (κ2) is 5.70. The highest BCUT2D eigenvalue weighted by atomic mass is 35.5. The van der Waals surface area contributed by atoms with Gasteiger partial charge in [0.05, 0.1) is 24.0 Å². The first-order valence-corrected chi connectivity index (χ1v) is 7.68. The van der Waals surface area contributed by atoms with Crippen molar-refractivity contribution in [3.63, 3.8) is 0 Å². The smallest absolute Gasteiger partial charge is 0.125 e. The number of benzene rings is 1. The summed E-state index contributed by atoms with van der Waals surface area (Å²) in [6.45, 7) is 2.82. The Morgan fingerprint density at radius 2 is 2.24 bits per heavy atom. The van der Waals surface area contributed by atoms with Gasteiger partial charge in [-0.1, -0.05) is 18.5 Å². The summed E-state index contributed by atoms with van der Waals surface area (Å²) in [6, 6.07) is 5.91. The molecule has 21 heavy (non-hydrogen) atoms. The van der Waals surface area contributed by atoms with Crippen LogP contribution in [0.25, 0.3) is 0 Å². The Morgan fingerprint density at radius 3 is 2.95 bits per heavy atom. The SMILES string of the molecule is CCc1cc(C(N)Cc2cc(Cl)cc3c2OCC3)n(C)n1. The van der Waals surface area contributed by atoms with Gasteiger partial charge in [-0.3, -0.25) is 4.68 Å². The normalized spacial score (nSPS) is 14.9. The van der Waals surface area contributed by atoms with Gasteiger partial charge < -0.3 is 10.5 Å². The molecule has 1 atom stereocenters. The molecule has 112 valence electrons. The van der Waals surface area contributed by atoms with Crippen LogP contribution in [0.2, 0.25) is 5.02 Å². The highest BCUT2D eigenvalue weighted by Crippen LogP contribution is 2.34. The van der Waals surface area contributed by atoms with Crippen LogP contribution in [-0.4, -0.2) is 16.4 Å². The van der Waals surface area contributed by atoms with E-state index in [-0.39, 0.29) is 6.04 Å². The van der Waals surface area contributed by atoms with Crippen molar-refractivity contribution in [1.82, 2.24) is 9.78 Å². The monoisotopic (exact) mass is 305 g/mol. The second-order valence-corrected chi connectivity index (χ2v) is 5.94. The lowest BCUT2D eigenvalue weighted by molar-refractivity contribution is 0.352. The topological polar surface area (TPSA) is 53.1 Å². The molecule has 1 aromatic carbocycles. The Balaban J connectivity index is 1.88. The van der Waals surface area contributed by atoms with Gasteiger partial charge in [0.1, 0.15) is 5.75 Å². The van der Waals surface area contributed by atoms with Gasteiger partial charge in [0, 0.05) is 18.5 Å². The van der Waals surface area contributed by atoms with Crippen LogP contribution in [0.1, 0.15) is 35.5 Å². The third-order valence-electron chi connectivity index (χ3n) is 3.97. The molecule has 0 radical (unpaired) electrons. The Kier molecular flexibility index (Phi) is 3.91. The molecule has 2 aromatic rings. The molecule has 2 N–H and O–H groups in total. The van der Waals surface area contributed by atoms with E-state index in [1.807, 2.05) is 23.9 Å². The number of ether oxygens (including phenoxy) is 1. The summed E-state index contributed by atoms with van der Waals surface area (Å²) in [6.07, 6.45) is 2.53. The molecule has 0 spiro atoms. The van der Waals surface area contributed by atoms with Crippen molar-refractivity contribution >= 4 is 11.6 Å². The number of halogens is 1. The summed E-state index contributed by atoms with van der Waals surface area (Å²) >= 11 is 6.20. The molecule has 2 heterocycles. The summed E-state index contributed by atoms with van der Waals surface area (Å²) in [4.78, 5) is 0. The first kappa shape index (κ1) is 14.4. The highest BCUT2D eigenvalue weighted by molar-refractivity contribution is 6.30. The molecular formula is C16H20ClN3O. The van der Waals surface area contributed by atoms with Crippen molar-refractivity contribution in [3.8, 4) is 5.75 Å². The number of hydrogen-bond acceptors (Lipinski definition) is 3. The predicted octanol–water partition coefficient (Wildman–Crippen LogP) is 2.81. The molecule has 3 rings (SSSR count). The maximum atomic E-state index is 6.38. The number of nitrogens with zero attached hydrogens (tertiary/aromatic N) is 2. The predicted molar refractivity (Wildman–Crippen MR) is 83.9 cm³/mol. The van der Waals surface area contributed by atoms with E-state index < -0.39 is 0 Å². The van der Waals surface area contributed by atoms with Gasteiger partial charge in [-0.25, -0.2) is 0 Å². The summed E-state index contributed by atoms with van der Waals surface area (Å²) < 4.78 is 7.61. The fraction of sp³-hybridized carbons (Fsp3) is 0.438. The average molecular weight is 306 g/mol. The van der Waals surface area contributed by atoms with Crippen LogP contribution in [-0.2, 0) is 26.3 Å². The van der Waals surface area contributed by atoms with Crippen molar-refractivity contribution < 1.29 is 4.74 Å². The zero-order chi connectivity index (χ0) is 15.0. The molecule has 0 aliphatic carbocycles. The number of rotatable bonds is 4. The van der Waals surface area contributed by atoms with Gasteiger partial charge in [-0.05, 0) is 42.2 Å². The molecular weight excluding hydrogens is 286 g/mol. The van der Waals surface area contributed by atoms with Gasteiger partial charge in [-0.2, -0.15) is 5.10 Å². The fourth-order valence-corrected chi connectivity index (χ4v) is 3.17. The molecule has 0 saturated carbocycles. The number of nitrogens with two attached hydrogens (primary N) is 1. The van der Waals surface area contributed by atoms with Gasteiger partial charge >= 0.3 is 0 Å². The third kappa shape index (κ3) is 2.78. The van der Waals surface area contributed by atoms with Crippen LogP contribution < -0.4 is 10.5 Å². The minimum atomic E-state index is -0.116. The lowest BCUT2D eigenvalue weighted by Crippen LogP contribution is -2.17. The first-order valence-electron chi connectivity index (χ1n) is 7.31. The van der Waals surface area contributed by atoms with E-state index in [2.05, 4.69) is 18.1 Å². The molecule has 0 fully saturated rings. The molecule has 1 aliphatic rings. The molecule has 0 saturated heterocycles. The third-order valence-corrected chi connectivity index (χ3v) is 4.19. The second-order valence-electron chi connectivity index (χ2n) is 5.50. The van der Waals surface area contributed by atoms with E-state index in [0.717, 1.165) is 47.2 Å². The summed E-state index contributed by atoms with van der Waals surface area (Å²) in [5, 5.41) is 5.21. The van der Waals surface area contributed by atoms with Gasteiger partial charge in [-0.15, -0.1) is 0 Å². The molecule has 1 aromatic heterocycles. The minimum absolute atomic E-state index is 0.116. The van der Waals surface area contributed by atoms with Crippen molar-refractivity contribution in [1.29, 1.82) is 0 Å². The maximum Gasteiger partial charge on any atom is 0.125 e. The van der Waals surface area contributed by atoms with Crippen molar-refractivity contribution in [2.75, 3.05) is 6.61 Å². The Morgan fingerprint density at radius 1 is 1.43 bits per heavy atom. The van der Waals surface area contributed by atoms with Crippen molar-refractivity contribution in [2.45, 2.75) is 32.2 Å². The Bertz CT molecular complexity index is 666. The zero-order valence-electron chi connectivity index (χ0n) is 12.4. The van der Waals surface area contributed by atoms with E-state index >= 15 is 0 Å². The summed E-state index contributed by atoms with van der Waals surface area (Å²) in [5.41, 5.74) is 10.8. The van der Waals surface area contributed by atoms with E-state index in [9.17, 15) is 0 Å². The Hall–Kier alpha value is -1.52. The van der Waals surface area contributed by atoms with E-state index in [1.165, 1.54) is 5.56 Å². The van der Waals surface area contributed by atoms with Crippen LogP contribution in [0.5, 0.6) is 5.75 Å². The van der Waals surface area contributed by atoms with E-state index in [4.69, 9.17) is 22.1 Å². The number of fused-ring (bicyclic) bond motifs is 1. The lowest BCUT2D eigenvalue weighted by atomic mass is 10.00. The first-order chi connectivity index (χ1) is 10.1. The minimum Gasteiger partial charge on any atom is -0.493 e. The van der Waals surface area contributed by atoms with Crippen molar-refractivity contribution in [3.05, 3.63) is 45.7 Å². The molecule has 0 bridgehead atoms. The number of aromatic nitrogens is 2. The Labute approximate surface area is 129 Å². The molecule has 5 heteroatoms. The summed E-state index contributed by atoms with van der Waals surface area (Å²) in [7, 11) is 1.94. The molecule has 4 nitrogen and oxygen atoms in total. The van der Waals surface area contributed by atoms with Gasteiger partial charge in [0.2, 0.25) is 0 Å². The van der Waals surface area contributed by atoms with Gasteiger partial charge in [0.15, 0.2) is 0 Å². The standard InChI is InChI=1S/C16H20ClN3O/c1-3-13-9-15(20(2)19-13)14(18)8-11-7-12(17)6-10-4-5-21-16(10)11/h6-7,9,14H,3-5,8,18H2,1-2H3. The van der Waals surface area contributed by atoms with Crippen LogP contribution in [0, 0.1) is 0 Å². The van der Waals surface area contributed by atoms with Gasteiger partial charge in [0.25, 0.3) is 0 Å². The van der Waals surface area contributed by atoms with Crippen LogP contribution >= 0.6 is 11.6 Å². The average Bonchev–Trinajstić information content (AvgIpc) is 3.04. The number of aryl methyl sites for hydroxylation is 2. The van der Waals surface area contributed by atoms with Crippen LogP contribution in [0.15, 0.2) is 18.2 Å². The lowest BCUT2D eigenvalue weighted by Gasteiger charge is -2.15. The summed E-state index contributed by atoms with van der Waals surface area (Å²) in [5.74, 6) is 0.965. The van der Waals surface area contributed by atoms with Crippen molar-refractivity contribution in [2.24, 2.45) is 12.8 Å². The largest absolute Gasteiger partial charge is 0.493 e. The quantitative estimate of drug-likeness (QED) is 0.945. The zero-order valence-corrected chi connectivity index (χ0v) is 13.2. The fourth-order valence-electron chi connectivity index (χ4n) is 2.90. The van der Waals surface area contributed by atoms with E-state index in [0.29, 0.717) is 6.42 Å². The molecule has 1 aliphatic heterocycles. The van der Waals surface area contributed by atoms with Crippen LogP contribution in [0.3, 0.4) is 0 Å². The number of hydrogen-bond donors (Lipinski definition) is 1. The molecule has 0 amide bonds.